The van der Waals surface area contributed by atoms with Crippen LogP contribution in [0.1, 0.15) is 25.1 Å². The van der Waals surface area contributed by atoms with E-state index in [2.05, 4.69) is 10.2 Å². The van der Waals surface area contributed by atoms with Crippen LogP contribution in [-0.4, -0.2) is 17.3 Å². The molecule has 0 bridgehead atoms. The molecule has 0 unspecified atom stereocenters. The standard InChI is InChI=1S/C6H10N2O.C2H6/c1-4-5(2)7-8-6(4)9-3;1-2/h1-3H3,(H,7,8);1-2H3. The second kappa shape index (κ2) is 4.77. The molecular weight excluding hydrogens is 140 g/mol. The smallest absolute Gasteiger partial charge is 0.235 e. The van der Waals surface area contributed by atoms with Gasteiger partial charge in [-0.2, -0.15) is 0 Å². The number of aromatic nitrogens is 2. The van der Waals surface area contributed by atoms with Crippen LogP contribution in [0.5, 0.6) is 5.88 Å². The Morgan fingerprint density at radius 3 is 2.00 bits per heavy atom. The molecule has 0 spiro atoms. The lowest BCUT2D eigenvalue weighted by atomic mass is 10.3. The van der Waals surface area contributed by atoms with E-state index in [1.165, 1.54) is 0 Å². The van der Waals surface area contributed by atoms with Crippen molar-refractivity contribution in [2.75, 3.05) is 7.11 Å². The minimum atomic E-state index is 0.688. The zero-order valence-electron chi connectivity index (χ0n) is 7.86. The van der Waals surface area contributed by atoms with Gasteiger partial charge in [-0.1, -0.05) is 13.8 Å². The number of aryl methyl sites for hydroxylation is 1. The Balaban J connectivity index is 0.000000461. The highest BCUT2D eigenvalue weighted by Crippen LogP contribution is 2.14. The predicted molar refractivity (Wildman–Crippen MR) is 46.0 cm³/mol. The lowest BCUT2D eigenvalue weighted by Gasteiger charge is -1.91. The number of hydrogen-bond donors (Lipinski definition) is 1. The molecule has 1 heterocycles. The molecule has 1 aromatic rings. The van der Waals surface area contributed by atoms with Crippen LogP contribution in [0.4, 0.5) is 0 Å². The summed E-state index contributed by atoms with van der Waals surface area (Å²) < 4.78 is 4.92. The van der Waals surface area contributed by atoms with Gasteiger partial charge in [-0.15, -0.1) is 5.10 Å². The Labute approximate surface area is 67.8 Å². The van der Waals surface area contributed by atoms with Crippen molar-refractivity contribution in [2.24, 2.45) is 0 Å². The quantitative estimate of drug-likeness (QED) is 0.675. The number of hydrogen-bond acceptors (Lipinski definition) is 2. The summed E-state index contributed by atoms with van der Waals surface area (Å²) in [6.07, 6.45) is 0. The van der Waals surface area contributed by atoms with Crippen molar-refractivity contribution in [1.82, 2.24) is 10.2 Å². The molecule has 11 heavy (non-hydrogen) atoms. The van der Waals surface area contributed by atoms with Crippen molar-refractivity contribution < 1.29 is 4.74 Å². The van der Waals surface area contributed by atoms with Gasteiger partial charge in [-0.05, 0) is 13.8 Å². The van der Waals surface area contributed by atoms with Crippen molar-refractivity contribution >= 4 is 0 Å². The fraction of sp³-hybridized carbons (Fsp3) is 0.625. The Kier molecular flexibility index (Phi) is 4.34. The van der Waals surface area contributed by atoms with Gasteiger partial charge in [0.05, 0.1) is 7.11 Å². The molecule has 3 heteroatoms. The lowest BCUT2D eigenvalue weighted by molar-refractivity contribution is 0.394. The summed E-state index contributed by atoms with van der Waals surface area (Å²) in [6, 6.07) is 0. The molecule has 0 aliphatic heterocycles. The average Bonchev–Trinajstić information content (AvgIpc) is 2.37. The highest BCUT2D eigenvalue weighted by molar-refractivity contribution is 5.27. The van der Waals surface area contributed by atoms with E-state index in [4.69, 9.17) is 4.74 Å². The van der Waals surface area contributed by atoms with Gasteiger partial charge >= 0.3 is 0 Å². The summed E-state index contributed by atoms with van der Waals surface area (Å²) in [7, 11) is 1.61. The zero-order valence-corrected chi connectivity index (χ0v) is 7.86. The molecule has 1 N–H and O–H groups in total. The number of aromatic amines is 1. The third-order valence-corrected chi connectivity index (χ3v) is 1.40. The number of methoxy groups -OCH3 is 1. The second-order valence-corrected chi connectivity index (χ2v) is 1.98. The summed E-state index contributed by atoms with van der Waals surface area (Å²) in [5, 5.41) is 6.70. The van der Waals surface area contributed by atoms with E-state index < -0.39 is 0 Å². The molecule has 0 aromatic carbocycles. The van der Waals surface area contributed by atoms with E-state index in [1.807, 2.05) is 27.7 Å². The van der Waals surface area contributed by atoms with Gasteiger partial charge in [0, 0.05) is 11.3 Å². The van der Waals surface area contributed by atoms with Crippen LogP contribution >= 0.6 is 0 Å². The normalized spacial score (nSPS) is 8.45. The molecule has 3 nitrogen and oxygen atoms in total. The van der Waals surface area contributed by atoms with Gasteiger partial charge in [0.15, 0.2) is 0 Å². The van der Waals surface area contributed by atoms with E-state index in [0.29, 0.717) is 5.88 Å². The summed E-state index contributed by atoms with van der Waals surface area (Å²) in [5.41, 5.74) is 2.14. The minimum absolute atomic E-state index is 0.688. The molecule has 0 fully saturated rings. The molecule has 0 radical (unpaired) electrons. The SMILES string of the molecule is CC.COc1n[nH]c(C)c1C. The van der Waals surface area contributed by atoms with Gasteiger partial charge in [0.2, 0.25) is 5.88 Å². The van der Waals surface area contributed by atoms with Crippen LogP contribution in [0.2, 0.25) is 0 Å². The molecule has 0 saturated heterocycles. The fourth-order valence-electron chi connectivity index (χ4n) is 0.661. The maximum atomic E-state index is 4.92. The summed E-state index contributed by atoms with van der Waals surface area (Å²) in [5.74, 6) is 0.688. The molecule has 64 valence electrons. The maximum absolute atomic E-state index is 4.92. The van der Waals surface area contributed by atoms with Crippen LogP contribution in [0.3, 0.4) is 0 Å². The maximum Gasteiger partial charge on any atom is 0.235 e. The highest BCUT2D eigenvalue weighted by atomic mass is 16.5. The van der Waals surface area contributed by atoms with Crippen molar-refractivity contribution in [3.63, 3.8) is 0 Å². The summed E-state index contributed by atoms with van der Waals surface area (Å²) >= 11 is 0. The van der Waals surface area contributed by atoms with Crippen LogP contribution in [-0.2, 0) is 0 Å². The highest BCUT2D eigenvalue weighted by Gasteiger charge is 2.02. The van der Waals surface area contributed by atoms with Gasteiger partial charge in [-0.3, -0.25) is 5.10 Å². The fourth-order valence-corrected chi connectivity index (χ4v) is 0.661. The van der Waals surface area contributed by atoms with Crippen molar-refractivity contribution in [2.45, 2.75) is 27.7 Å². The largest absolute Gasteiger partial charge is 0.480 e. The monoisotopic (exact) mass is 156 g/mol. The second-order valence-electron chi connectivity index (χ2n) is 1.98. The molecule has 0 aliphatic carbocycles. The topological polar surface area (TPSA) is 37.9 Å². The van der Waals surface area contributed by atoms with E-state index in [1.54, 1.807) is 7.11 Å². The van der Waals surface area contributed by atoms with Crippen LogP contribution in [0.25, 0.3) is 0 Å². The number of nitrogens with one attached hydrogen (secondary N) is 1. The first-order chi connectivity index (χ1) is 5.25. The lowest BCUT2D eigenvalue weighted by Crippen LogP contribution is -1.83. The first kappa shape index (κ1) is 10.0. The van der Waals surface area contributed by atoms with Gasteiger partial charge < -0.3 is 4.74 Å². The summed E-state index contributed by atoms with van der Waals surface area (Å²) in [4.78, 5) is 0. The van der Waals surface area contributed by atoms with E-state index in [-0.39, 0.29) is 0 Å². The summed E-state index contributed by atoms with van der Waals surface area (Å²) in [6.45, 7) is 7.93. The van der Waals surface area contributed by atoms with Crippen LogP contribution in [0.15, 0.2) is 0 Å². The van der Waals surface area contributed by atoms with Crippen LogP contribution < -0.4 is 4.74 Å². The molecule has 0 amide bonds. The van der Waals surface area contributed by atoms with E-state index >= 15 is 0 Å². The third kappa shape index (κ3) is 2.26. The Hall–Kier alpha value is -0.990. The Morgan fingerprint density at radius 2 is 1.82 bits per heavy atom. The number of H-pyrrole nitrogens is 1. The molecule has 1 aromatic heterocycles. The Morgan fingerprint density at radius 1 is 1.27 bits per heavy atom. The van der Waals surface area contributed by atoms with E-state index in [0.717, 1.165) is 11.3 Å². The molecule has 0 aliphatic rings. The molecule has 0 saturated carbocycles. The van der Waals surface area contributed by atoms with Crippen molar-refractivity contribution in [3.8, 4) is 5.88 Å². The number of nitrogens with zero attached hydrogens (tertiary/aromatic N) is 1. The number of ether oxygens (including phenoxy) is 1. The van der Waals surface area contributed by atoms with Crippen molar-refractivity contribution in [1.29, 1.82) is 0 Å². The zero-order chi connectivity index (χ0) is 8.85. The Bertz CT molecular complexity index is 206. The van der Waals surface area contributed by atoms with Gasteiger partial charge in [0.25, 0.3) is 0 Å². The van der Waals surface area contributed by atoms with Crippen LogP contribution in [0, 0.1) is 13.8 Å². The third-order valence-electron chi connectivity index (χ3n) is 1.40. The first-order valence-corrected chi connectivity index (χ1v) is 3.81. The van der Waals surface area contributed by atoms with Gasteiger partial charge in [0.1, 0.15) is 0 Å². The van der Waals surface area contributed by atoms with Gasteiger partial charge in [-0.25, -0.2) is 0 Å². The molecule has 1 rings (SSSR count). The predicted octanol–water partition coefficient (Wildman–Crippen LogP) is 2.06. The average molecular weight is 156 g/mol. The molecular formula is C8H16N2O. The molecule has 0 atom stereocenters. The van der Waals surface area contributed by atoms with E-state index in [9.17, 15) is 0 Å². The van der Waals surface area contributed by atoms with Crippen molar-refractivity contribution in [3.05, 3.63) is 11.3 Å². The first-order valence-electron chi connectivity index (χ1n) is 3.81. The number of rotatable bonds is 1. The minimum Gasteiger partial charge on any atom is -0.480 e.